The molecular weight excluding hydrogens is 260 g/mol. The highest BCUT2D eigenvalue weighted by Crippen LogP contribution is 2.15. The minimum absolute atomic E-state index is 0.205. The number of hydrogen-bond donors (Lipinski definition) is 2. The predicted molar refractivity (Wildman–Crippen MR) is 75.1 cm³/mol. The molecule has 1 aromatic heterocycles. The normalized spacial score (nSPS) is 19.9. The number of carboxylic acids is 1. The van der Waals surface area contributed by atoms with Gasteiger partial charge in [0.1, 0.15) is 6.04 Å². The molecule has 7 nitrogen and oxygen atoms in total. The van der Waals surface area contributed by atoms with Crippen LogP contribution in [0.15, 0.2) is 17.2 Å². The first-order valence-electron chi connectivity index (χ1n) is 6.60. The van der Waals surface area contributed by atoms with Crippen molar-refractivity contribution in [1.82, 2.24) is 14.9 Å². The number of hydrogen-bond acceptors (Lipinski definition) is 5. The molecule has 0 amide bonds. The number of nitrogens with one attached hydrogen (secondary N) is 1. The van der Waals surface area contributed by atoms with Crippen LogP contribution in [0.4, 0.5) is 5.82 Å². The topological polar surface area (TPSA) is 87.5 Å². The van der Waals surface area contributed by atoms with Crippen LogP contribution in [0.2, 0.25) is 0 Å². The first-order chi connectivity index (χ1) is 9.32. The number of carboxylic acid groups (broad SMARTS) is 1. The van der Waals surface area contributed by atoms with Gasteiger partial charge in [-0.05, 0) is 20.8 Å². The van der Waals surface area contributed by atoms with Gasteiger partial charge in [-0.3, -0.25) is 4.79 Å². The molecule has 0 radical (unpaired) electrons. The molecule has 1 aliphatic heterocycles. The molecule has 2 N–H and O–H groups in total. The fraction of sp³-hybridized carbons (Fsp3) is 0.615. The number of anilines is 1. The third-order valence-electron chi connectivity index (χ3n) is 3.35. The molecule has 1 atom stereocenters. The molecule has 2 heterocycles. The van der Waals surface area contributed by atoms with Crippen molar-refractivity contribution in [3.8, 4) is 0 Å². The third kappa shape index (κ3) is 2.67. The van der Waals surface area contributed by atoms with Gasteiger partial charge in [0.05, 0.1) is 0 Å². The quantitative estimate of drug-likeness (QED) is 0.784. The van der Waals surface area contributed by atoms with Gasteiger partial charge in [0.2, 0.25) is 0 Å². The molecule has 7 heteroatoms. The summed E-state index contributed by atoms with van der Waals surface area (Å²) in [5.41, 5.74) is -0.630. The van der Waals surface area contributed by atoms with Gasteiger partial charge < -0.3 is 19.9 Å². The van der Waals surface area contributed by atoms with Crippen LogP contribution in [0, 0.1) is 0 Å². The van der Waals surface area contributed by atoms with Crippen molar-refractivity contribution in [2.75, 3.05) is 24.5 Å². The lowest BCUT2D eigenvalue weighted by molar-refractivity contribution is -0.138. The molecule has 0 spiro atoms. The van der Waals surface area contributed by atoms with Gasteiger partial charge in [-0.2, -0.15) is 0 Å². The summed E-state index contributed by atoms with van der Waals surface area (Å²) < 4.78 is 1.58. The van der Waals surface area contributed by atoms with Crippen molar-refractivity contribution < 1.29 is 9.90 Å². The van der Waals surface area contributed by atoms with E-state index in [1.165, 1.54) is 0 Å². The van der Waals surface area contributed by atoms with E-state index in [4.69, 9.17) is 0 Å². The Morgan fingerprint density at radius 1 is 1.50 bits per heavy atom. The summed E-state index contributed by atoms with van der Waals surface area (Å²) in [5.74, 6) is -0.749. The van der Waals surface area contributed by atoms with Crippen molar-refractivity contribution >= 4 is 11.8 Å². The van der Waals surface area contributed by atoms with Crippen molar-refractivity contribution in [3.63, 3.8) is 0 Å². The van der Waals surface area contributed by atoms with E-state index in [1.54, 1.807) is 21.9 Å². The molecule has 1 aromatic rings. The number of rotatable bonds is 2. The van der Waals surface area contributed by atoms with E-state index in [9.17, 15) is 14.7 Å². The summed E-state index contributed by atoms with van der Waals surface area (Å²) in [6, 6.07) is -0.764. The van der Waals surface area contributed by atoms with Crippen molar-refractivity contribution in [3.05, 3.63) is 22.7 Å². The number of aliphatic carboxylic acids is 1. The molecular formula is C13H20N4O3. The zero-order valence-corrected chi connectivity index (χ0v) is 12.0. The van der Waals surface area contributed by atoms with Crippen LogP contribution in [0.5, 0.6) is 0 Å². The summed E-state index contributed by atoms with van der Waals surface area (Å²) in [6.45, 7) is 7.16. The lowest BCUT2D eigenvalue weighted by Crippen LogP contribution is -2.57. The Morgan fingerprint density at radius 2 is 2.20 bits per heavy atom. The first-order valence-corrected chi connectivity index (χ1v) is 6.60. The summed E-state index contributed by atoms with van der Waals surface area (Å²) in [4.78, 5) is 29.5. The van der Waals surface area contributed by atoms with Crippen molar-refractivity contribution in [2.24, 2.45) is 0 Å². The summed E-state index contributed by atoms with van der Waals surface area (Å²) in [5, 5.41) is 12.3. The standard InChI is InChI=1S/C13H20N4O3/c1-13(2,3)17-7-5-15-10(11(17)18)16-6-4-14-8-9(16)12(19)20/h5,7,9,14H,4,6,8H2,1-3H3,(H,19,20). The molecule has 1 unspecified atom stereocenters. The molecule has 2 rings (SSSR count). The van der Waals surface area contributed by atoms with Crippen molar-refractivity contribution in [2.45, 2.75) is 32.4 Å². The third-order valence-corrected chi connectivity index (χ3v) is 3.35. The molecule has 20 heavy (non-hydrogen) atoms. The van der Waals surface area contributed by atoms with E-state index in [0.717, 1.165) is 0 Å². The molecule has 1 aliphatic rings. The van der Waals surface area contributed by atoms with E-state index in [0.29, 0.717) is 19.6 Å². The zero-order valence-electron chi connectivity index (χ0n) is 12.0. The summed E-state index contributed by atoms with van der Waals surface area (Å²) >= 11 is 0. The lowest BCUT2D eigenvalue weighted by Gasteiger charge is -2.34. The van der Waals surface area contributed by atoms with Crippen LogP contribution in [0.25, 0.3) is 0 Å². The van der Waals surface area contributed by atoms with Crippen LogP contribution >= 0.6 is 0 Å². The largest absolute Gasteiger partial charge is 0.480 e. The van der Waals surface area contributed by atoms with Crippen LogP contribution in [-0.4, -0.2) is 46.3 Å². The van der Waals surface area contributed by atoms with Gasteiger partial charge in [-0.25, -0.2) is 9.78 Å². The molecule has 0 bridgehead atoms. The van der Waals surface area contributed by atoms with Gasteiger partial charge in [0.15, 0.2) is 5.82 Å². The summed E-state index contributed by atoms with van der Waals surface area (Å²) in [6.07, 6.45) is 3.17. The van der Waals surface area contributed by atoms with Gasteiger partial charge in [0.25, 0.3) is 5.56 Å². The van der Waals surface area contributed by atoms with Gasteiger partial charge in [-0.1, -0.05) is 0 Å². The van der Waals surface area contributed by atoms with Crippen LogP contribution in [0.3, 0.4) is 0 Å². The highest BCUT2D eigenvalue weighted by Gasteiger charge is 2.31. The number of nitrogens with zero attached hydrogens (tertiary/aromatic N) is 3. The maximum atomic E-state index is 12.5. The monoisotopic (exact) mass is 280 g/mol. The van der Waals surface area contributed by atoms with E-state index in [-0.39, 0.29) is 16.9 Å². The average Bonchev–Trinajstić information content (AvgIpc) is 2.37. The second-order valence-corrected chi connectivity index (χ2v) is 5.85. The highest BCUT2D eigenvalue weighted by atomic mass is 16.4. The Balaban J connectivity index is 2.47. The predicted octanol–water partition coefficient (Wildman–Crippen LogP) is -0.139. The molecule has 1 saturated heterocycles. The number of carbonyl (C=O) groups is 1. The minimum Gasteiger partial charge on any atom is -0.480 e. The van der Waals surface area contributed by atoms with Crippen molar-refractivity contribution in [1.29, 1.82) is 0 Å². The van der Waals surface area contributed by atoms with Gasteiger partial charge in [0, 0.05) is 37.6 Å². The van der Waals surface area contributed by atoms with Crippen LogP contribution < -0.4 is 15.8 Å². The zero-order chi connectivity index (χ0) is 14.9. The Morgan fingerprint density at radius 3 is 2.80 bits per heavy atom. The smallest absolute Gasteiger partial charge is 0.327 e. The number of piperazine rings is 1. The summed E-state index contributed by atoms with van der Waals surface area (Å²) in [7, 11) is 0. The minimum atomic E-state index is -0.954. The first kappa shape index (κ1) is 14.5. The van der Waals surface area contributed by atoms with Gasteiger partial charge >= 0.3 is 5.97 Å². The van der Waals surface area contributed by atoms with E-state index < -0.39 is 12.0 Å². The van der Waals surface area contributed by atoms with Crippen LogP contribution in [-0.2, 0) is 10.3 Å². The molecule has 0 aliphatic carbocycles. The van der Waals surface area contributed by atoms with E-state index in [1.807, 2.05) is 20.8 Å². The van der Waals surface area contributed by atoms with Gasteiger partial charge in [-0.15, -0.1) is 0 Å². The molecule has 110 valence electrons. The second kappa shape index (κ2) is 5.24. The maximum Gasteiger partial charge on any atom is 0.327 e. The SMILES string of the molecule is CC(C)(C)n1ccnc(N2CCNCC2C(=O)O)c1=O. The fourth-order valence-electron chi connectivity index (χ4n) is 2.30. The Hall–Kier alpha value is -1.89. The number of aromatic nitrogens is 2. The van der Waals surface area contributed by atoms with E-state index in [2.05, 4.69) is 10.3 Å². The Bertz CT molecular complexity index is 561. The molecule has 1 fully saturated rings. The second-order valence-electron chi connectivity index (χ2n) is 5.85. The average molecular weight is 280 g/mol. The Labute approximate surface area is 117 Å². The molecule has 0 saturated carbocycles. The maximum absolute atomic E-state index is 12.5. The molecule has 0 aromatic carbocycles. The fourth-order valence-corrected chi connectivity index (χ4v) is 2.30. The van der Waals surface area contributed by atoms with E-state index >= 15 is 0 Å². The van der Waals surface area contributed by atoms with Crippen LogP contribution in [0.1, 0.15) is 20.8 Å². The lowest BCUT2D eigenvalue weighted by atomic mass is 10.1. The highest BCUT2D eigenvalue weighted by molar-refractivity contribution is 5.78. The Kier molecular flexibility index (Phi) is 3.80.